The second kappa shape index (κ2) is 7.24. The summed E-state index contributed by atoms with van der Waals surface area (Å²) in [6.45, 7) is 3.81. The number of benzene rings is 1. The van der Waals surface area contributed by atoms with Crippen LogP contribution in [-0.2, 0) is 11.3 Å². The van der Waals surface area contributed by atoms with Crippen LogP contribution in [-0.4, -0.2) is 23.9 Å². The minimum atomic E-state index is -0.322. The average Bonchev–Trinajstić information content (AvgIpc) is 2.29. The quantitative estimate of drug-likeness (QED) is 0.744. The van der Waals surface area contributed by atoms with Gasteiger partial charge >= 0.3 is 0 Å². The van der Waals surface area contributed by atoms with E-state index in [1.807, 2.05) is 17.0 Å². The Labute approximate surface area is 113 Å². The fourth-order valence-corrected chi connectivity index (χ4v) is 2.00. The lowest BCUT2D eigenvalue weighted by Crippen LogP contribution is -2.34. The highest BCUT2D eigenvalue weighted by Crippen LogP contribution is 2.20. The maximum Gasteiger partial charge on any atom is 0.231 e. The molecule has 0 aliphatic heterocycles. The fourth-order valence-electron chi connectivity index (χ4n) is 1.75. The summed E-state index contributed by atoms with van der Waals surface area (Å²) in [7, 11) is 0. The number of amides is 1. The van der Waals surface area contributed by atoms with E-state index in [0.29, 0.717) is 17.3 Å². The summed E-state index contributed by atoms with van der Waals surface area (Å²) in [6, 6.07) is 5.42. The van der Waals surface area contributed by atoms with E-state index in [1.54, 1.807) is 6.07 Å². The summed E-state index contributed by atoms with van der Waals surface area (Å²) in [5.41, 5.74) is 12.5. The van der Waals surface area contributed by atoms with Gasteiger partial charge in [0.05, 0.1) is 6.54 Å². The van der Waals surface area contributed by atoms with Crippen molar-refractivity contribution in [2.24, 2.45) is 5.73 Å². The molecule has 0 fully saturated rings. The Morgan fingerprint density at radius 1 is 1.44 bits per heavy atom. The van der Waals surface area contributed by atoms with Gasteiger partial charge in [-0.15, -0.1) is 0 Å². The Morgan fingerprint density at radius 3 is 2.72 bits per heavy atom. The number of carbonyl (C=O) groups is 1. The van der Waals surface area contributed by atoms with Crippen molar-refractivity contribution in [2.45, 2.75) is 26.3 Å². The largest absolute Gasteiger partial charge is 0.399 e. The molecular weight excluding hydrogens is 250 g/mol. The Kier molecular flexibility index (Phi) is 5.95. The van der Waals surface area contributed by atoms with Gasteiger partial charge in [-0.05, 0) is 30.7 Å². The summed E-state index contributed by atoms with van der Waals surface area (Å²) in [6.07, 6.45) is 2.10. The van der Waals surface area contributed by atoms with Crippen molar-refractivity contribution in [1.82, 2.24) is 4.90 Å². The molecule has 1 rings (SSSR count). The molecule has 1 aromatic rings. The van der Waals surface area contributed by atoms with Crippen molar-refractivity contribution in [3.63, 3.8) is 0 Å². The summed E-state index contributed by atoms with van der Waals surface area (Å²) in [4.78, 5) is 13.0. The van der Waals surface area contributed by atoms with Crippen LogP contribution in [0.15, 0.2) is 18.2 Å². The number of primary amides is 1. The van der Waals surface area contributed by atoms with Crippen LogP contribution in [0.5, 0.6) is 0 Å². The van der Waals surface area contributed by atoms with Crippen molar-refractivity contribution in [3.8, 4) is 0 Å². The Bertz CT molecular complexity index is 409. The van der Waals surface area contributed by atoms with Crippen molar-refractivity contribution in [2.75, 3.05) is 18.8 Å². The Morgan fingerprint density at radius 2 is 2.17 bits per heavy atom. The van der Waals surface area contributed by atoms with E-state index in [1.165, 1.54) is 0 Å². The third kappa shape index (κ3) is 4.94. The molecule has 0 saturated carbocycles. The second-order valence-electron chi connectivity index (χ2n) is 4.38. The average molecular weight is 270 g/mol. The zero-order valence-corrected chi connectivity index (χ0v) is 11.4. The lowest BCUT2D eigenvalue weighted by Gasteiger charge is -2.21. The van der Waals surface area contributed by atoms with Gasteiger partial charge in [0.25, 0.3) is 0 Å². The van der Waals surface area contributed by atoms with Crippen LogP contribution in [0.3, 0.4) is 0 Å². The first-order valence-corrected chi connectivity index (χ1v) is 6.45. The molecular formula is C13H20ClN3O. The van der Waals surface area contributed by atoms with Crippen LogP contribution in [0.1, 0.15) is 25.3 Å². The van der Waals surface area contributed by atoms with E-state index in [9.17, 15) is 4.79 Å². The molecule has 0 atom stereocenters. The highest BCUT2D eigenvalue weighted by atomic mass is 35.5. The maximum absolute atomic E-state index is 11.0. The molecule has 0 saturated heterocycles. The molecule has 0 aliphatic rings. The van der Waals surface area contributed by atoms with Crippen molar-refractivity contribution < 1.29 is 4.79 Å². The van der Waals surface area contributed by atoms with E-state index in [-0.39, 0.29) is 12.5 Å². The predicted molar refractivity (Wildman–Crippen MR) is 75.2 cm³/mol. The van der Waals surface area contributed by atoms with Gasteiger partial charge in [-0.2, -0.15) is 0 Å². The third-order valence-corrected chi connectivity index (χ3v) is 3.03. The number of hydrogen-bond donors (Lipinski definition) is 2. The Balaban J connectivity index is 2.71. The monoisotopic (exact) mass is 269 g/mol. The molecule has 1 aromatic carbocycles. The van der Waals surface area contributed by atoms with Crippen LogP contribution >= 0.6 is 11.6 Å². The molecule has 4 N–H and O–H groups in total. The minimum Gasteiger partial charge on any atom is -0.399 e. The first kappa shape index (κ1) is 14.8. The molecule has 18 heavy (non-hydrogen) atoms. The number of anilines is 1. The van der Waals surface area contributed by atoms with E-state index in [0.717, 1.165) is 24.9 Å². The summed E-state index contributed by atoms with van der Waals surface area (Å²) in [5, 5.41) is 0.626. The first-order valence-electron chi connectivity index (χ1n) is 6.07. The van der Waals surface area contributed by atoms with Gasteiger partial charge in [0, 0.05) is 17.3 Å². The van der Waals surface area contributed by atoms with Gasteiger partial charge in [-0.3, -0.25) is 9.69 Å². The molecule has 5 heteroatoms. The van der Waals surface area contributed by atoms with Crippen LogP contribution in [0.2, 0.25) is 5.02 Å². The topological polar surface area (TPSA) is 72.3 Å². The zero-order chi connectivity index (χ0) is 13.5. The third-order valence-electron chi connectivity index (χ3n) is 2.68. The van der Waals surface area contributed by atoms with Crippen LogP contribution < -0.4 is 11.5 Å². The smallest absolute Gasteiger partial charge is 0.231 e. The number of nitrogens with zero attached hydrogens (tertiary/aromatic N) is 1. The van der Waals surface area contributed by atoms with Crippen LogP contribution in [0, 0.1) is 0 Å². The lowest BCUT2D eigenvalue weighted by atomic mass is 10.2. The highest BCUT2D eigenvalue weighted by molar-refractivity contribution is 6.31. The SMILES string of the molecule is CCCCN(CC(N)=O)Cc1ccc(N)cc1Cl. The zero-order valence-electron chi connectivity index (χ0n) is 10.7. The molecule has 0 bridgehead atoms. The summed E-state index contributed by atoms with van der Waals surface area (Å²) in [5.74, 6) is -0.322. The Hall–Kier alpha value is -1.26. The van der Waals surface area contributed by atoms with Crippen molar-refractivity contribution in [1.29, 1.82) is 0 Å². The van der Waals surface area contributed by atoms with Gasteiger partial charge in [-0.1, -0.05) is 31.0 Å². The normalized spacial score (nSPS) is 10.8. The van der Waals surface area contributed by atoms with Gasteiger partial charge in [-0.25, -0.2) is 0 Å². The summed E-state index contributed by atoms with van der Waals surface area (Å²) < 4.78 is 0. The molecule has 4 nitrogen and oxygen atoms in total. The standard InChI is InChI=1S/C13H20ClN3O/c1-2-3-6-17(9-13(16)18)8-10-4-5-11(15)7-12(10)14/h4-5,7H,2-3,6,8-9,15H2,1H3,(H2,16,18). The molecule has 0 unspecified atom stereocenters. The highest BCUT2D eigenvalue weighted by Gasteiger charge is 2.10. The van der Waals surface area contributed by atoms with Crippen LogP contribution in [0.4, 0.5) is 5.69 Å². The molecule has 0 spiro atoms. The van der Waals surface area contributed by atoms with Gasteiger partial charge in [0.15, 0.2) is 0 Å². The van der Waals surface area contributed by atoms with E-state index in [4.69, 9.17) is 23.1 Å². The number of unbranched alkanes of at least 4 members (excludes halogenated alkanes) is 1. The fraction of sp³-hybridized carbons (Fsp3) is 0.462. The predicted octanol–water partition coefficient (Wildman–Crippen LogP) is 2.01. The van der Waals surface area contributed by atoms with Crippen molar-refractivity contribution >= 4 is 23.2 Å². The van der Waals surface area contributed by atoms with E-state index in [2.05, 4.69) is 6.92 Å². The lowest BCUT2D eigenvalue weighted by molar-refractivity contribution is -0.119. The van der Waals surface area contributed by atoms with Crippen LogP contribution in [0.25, 0.3) is 0 Å². The van der Waals surface area contributed by atoms with Crippen molar-refractivity contribution in [3.05, 3.63) is 28.8 Å². The van der Waals surface area contributed by atoms with E-state index >= 15 is 0 Å². The maximum atomic E-state index is 11.0. The molecule has 0 aromatic heterocycles. The van der Waals surface area contributed by atoms with Gasteiger partial charge in [0.1, 0.15) is 0 Å². The number of nitrogens with two attached hydrogens (primary N) is 2. The van der Waals surface area contributed by atoms with E-state index < -0.39 is 0 Å². The number of nitrogen functional groups attached to an aromatic ring is 1. The minimum absolute atomic E-state index is 0.251. The number of rotatable bonds is 7. The molecule has 100 valence electrons. The number of hydrogen-bond acceptors (Lipinski definition) is 3. The number of halogens is 1. The molecule has 0 aliphatic carbocycles. The number of carbonyl (C=O) groups excluding carboxylic acids is 1. The van der Waals surface area contributed by atoms with Gasteiger partial charge in [0.2, 0.25) is 5.91 Å². The molecule has 0 radical (unpaired) electrons. The second-order valence-corrected chi connectivity index (χ2v) is 4.79. The first-order chi connectivity index (χ1) is 8.52. The summed E-state index contributed by atoms with van der Waals surface area (Å²) >= 11 is 6.12. The van der Waals surface area contributed by atoms with Gasteiger partial charge < -0.3 is 11.5 Å². The molecule has 0 heterocycles. The molecule has 1 amide bonds.